The van der Waals surface area contributed by atoms with E-state index in [1.165, 1.54) is 0 Å². The Balaban J connectivity index is 1.99. The molecule has 0 spiro atoms. The molecular weight excluding hydrogens is 264 g/mol. The number of nitrogens with zero attached hydrogens (tertiary/aromatic N) is 2. The van der Waals surface area contributed by atoms with Gasteiger partial charge in [0.25, 0.3) is 0 Å². The number of para-hydroxylation sites is 1. The van der Waals surface area contributed by atoms with E-state index < -0.39 is 0 Å². The lowest BCUT2D eigenvalue weighted by atomic mass is 10.1. The van der Waals surface area contributed by atoms with Gasteiger partial charge in [-0.05, 0) is 18.2 Å². The second-order valence-electron chi connectivity index (χ2n) is 4.55. The van der Waals surface area contributed by atoms with Gasteiger partial charge in [-0.2, -0.15) is 5.10 Å². The molecule has 0 bridgehead atoms. The summed E-state index contributed by atoms with van der Waals surface area (Å²) in [6.45, 7) is 0. The van der Waals surface area contributed by atoms with Gasteiger partial charge >= 0.3 is 0 Å². The van der Waals surface area contributed by atoms with Crippen molar-refractivity contribution in [1.29, 1.82) is 0 Å². The maximum Gasteiger partial charge on any atom is 0.128 e. The Labute approximate surface area is 120 Å². The number of benzene rings is 2. The van der Waals surface area contributed by atoms with Crippen LogP contribution in [-0.2, 0) is 0 Å². The molecule has 20 heavy (non-hydrogen) atoms. The Hall–Kier alpha value is -2.39. The summed E-state index contributed by atoms with van der Waals surface area (Å²) in [5, 5.41) is 9.17. The Kier molecular flexibility index (Phi) is 2.64. The number of thiophene rings is 1. The van der Waals surface area contributed by atoms with E-state index in [9.17, 15) is 0 Å². The Bertz CT molecular complexity index is 775. The first-order valence-electron chi connectivity index (χ1n) is 6.43. The Morgan fingerprint density at radius 3 is 2.35 bits per heavy atom. The molecule has 3 heteroatoms. The van der Waals surface area contributed by atoms with Crippen LogP contribution in [0.4, 0.5) is 0 Å². The van der Waals surface area contributed by atoms with Crippen molar-refractivity contribution in [1.82, 2.24) is 9.78 Å². The largest absolute Gasteiger partial charge is 0.222 e. The van der Waals surface area contributed by atoms with Gasteiger partial charge in [-0.3, -0.25) is 0 Å². The van der Waals surface area contributed by atoms with E-state index >= 15 is 0 Å². The number of hydrogen-bond donors (Lipinski definition) is 0. The highest BCUT2D eigenvalue weighted by Gasteiger charge is 2.14. The summed E-state index contributed by atoms with van der Waals surface area (Å²) in [4.78, 5) is 1.13. The molecule has 4 aromatic rings. The molecule has 0 amide bonds. The maximum atomic E-state index is 4.80. The minimum atomic E-state index is 1.02. The fourth-order valence-electron chi connectivity index (χ4n) is 2.34. The normalized spacial score (nSPS) is 11.0. The lowest BCUT2D eigenvalue weighted by Gasteiger charge is -2.01. The van der Waals surface area contributed by atoms with Crippen LogP contribution in [-0.4, -0.2) is 9.78 Å². The molecule has 2 aromatic carbocycles. The molecular formula is C17H11N2S. The van der Waals surface area contributed by atoms with Crippen LogP contribution < -0.4 is 0 Å². The molecule has 0 aliphatic rings. The molecule has 0 aliphatic heterocycles. The third-order valence-electron chi connectivity index (χ3n) is 3.28. The average Bonchev–Trinajstić information content (AvgIpc) is 3.11. The third-order valence-corrected chi connectivity index (χ3v) is 4.11. The number of aromatic nitrogens is 2. The first kappa shape index (κ1) is 11.4. The molecule has 2 nitrogen and oxygen atoms in total. The van der Waals surface area contributed by atoms with Gasteiger partial charge in [0.1, 0.15) is 10.5 Å². The molecule has 0 atom stereocenters. The van der Waals surface area contributed by atoms with Crippen LogP contribution >= 0.6 is 11.3 Å². The van der Waals surface area contributed by atoms with Crippen LogP contribution in [0.3, 0.4) is 0 Å². The average molecular weight is 275 g/mol. The van der Waals surface area contributed by atoms with E-state index in [1.54, 1.807) is 11.3 Å². The lowest BCUT2D eigenvalue weighted by Crippen LogP contribution is -1.94. The van der Waals surface area contributed by atoms with Gasteiger partial charge in [0.05, 0.1) is 5.69 Å². The van der Waals surface area contributed by atoms with Crippen LogP contribution in [0.15, 0.2) is 66.7 Å². The van der Waals surface area contributed by atoms with E-state index in [-0.39, 0.29) is 0 Å². The fraction of sp³-hybridized carbons (Fsp3) is 0. The molecule has 0 aliphatic carbocycles. The van der Waals surface area contributed by atoms with Crippen molar-refractivity contribution in [2.45, 2.75) is 0 Å². The van der Waals surface area contributed by atoms with Crippen molar-refractivity contribution >= 4 is 21.6 Å². The summed E-state index contributed by atoms with van der Waals surface area (Å²) in [5.74, 6) is 0. The maximum absolute atomic E-state index is 4.80. The number of hydrogen-bond acceptors (Lipinski definition) is 2. The highest BCUT2D eigenvalue weighted by molar-refractivity contribution is 7.16. The van der Waals surface area contributed by atoms with Gasteiger partial charge < -0.3 is 0 Å². The second-order valence-corrected chi connectivity index (χ2v) is 5.37. The highest BCUT2D eigenvalue weighted by atomic mass is 32.1. The molecule has 0 unspecified atom stereocenters. The molecule has 0 N–H and O–H groups in total. The van der Waals surface area contributed by atoms with Crippen molar-refractivity contribution in [2.24, 2.45) is 0 Å². The summed E-state index contributed by atoms with van der Waals surface area (Å²) >= 11 is 1.60. The van der Waals surface area contributed by atoms with Crippen LogP contribution in [0, 0.1) is 5.38 Å². The topological polar surface area (TPSA) is 17.8 Å². The van der Waals surface area contributed by atoms with E-state index in [2.05, 4.69) is 29.6 Å². The predicted octanol–water partition coefficient (Wildman–Crippen LogP) is 4.55. The standard InChI is InChI=1S/C17H11N2S/c1-3-7-13(8-4-1)16-15-11-12-20-17(15)19(18-16)14-9-5-2-6-10-14/h1-11H. The molecule has 0 saturated carbocycles. The predicted molar refractivity (Wildman–Crippen MR) is 83.2 cm³/mol. The highest BCUT2D eigenvalue weighted by Crippen LogP contribution is 2.32. The van der Waals surface area contributed by atoms with Gasteiger partial charge in [-0.15, -0.1) is 11.3 Å². The molecule has 0 saturated heterocycles. The molecule has 2 aromatic heterocycles. The van der Waals surface area contributed by atoms with Crippen molar-refractivity contribution in [3.05, 3.63) is 72.1 Å². The van der Waals surface area contributed by atoms with Gasteiger partial charge in [0, 0.05) is 16.3 Å². The van der Waals surface area contributed by atoms with Crippen LogP contribution in [0.2, 0.25) is 0 Å². The second kappa shape index (κ2) is 4.62. The van der Waals surface area contributed by atoms with E-state index in [1.807, 2.05) is 47.1 Å². The van der Waals surface area contributed by atoms with Gasteiger partial charge in [-0.25, -0.2) is 4.68 Å². The van der Waals surface area contributed by atoms with E-state index in [0.29, 0.717) is 0 Å². The minimum absolute atomic E-state index is 1.02. The number of rotatable bonds is 2. The molecule has 2 heterocycles. The zero-order valence-corrected chi connectivity index (χ0v) is 11.5. The van der Waals surface area contributed by atoms with E-state index in [0.717, 1.165) is 27.2 Å². The zero-order chi connectivity index (χ0) is 13.4. The monoisotopic (exact) mass is 275 g/mol. The summed E-state index contributed by atoms with van der Waals surface area (Å²) in [6.07, 6.45) is 0. The Morgan fingerprint density at radius 1 is 0.900 bits per heavy atom. The van der Waals surface area contributed by atoms with Crippen LogP contribution in [0.1, 0.15) is 0 Å². The smallest absolute Gasteiger partial charge is 0.128 e. The summed E-state index contributed by atoms with van der Waals surface area (Å²) < 4.78 is 2.00. The third kappa shape index (κ3) is 1.75. The van der Waals surface area contributed by atoms with Crippen molar-refractivity contribution in [2.75, 3.05) is 0 Å². The molecule has 95 valence electrons. The molecule has 0 fully saturated rings. The van der Waals surface area contributed by atoms with Crippen molar-refractivity contribution in [3.63, 3.8) is 0 Å². The Morgan fingerprint density at radius 2 is 1.60 bits per heavy atom. The van der Waals surface area contributed by atoms with Crippen molar-refractivity contribution in [3.8, 4) is 16.9 Å². The van der Waals surface area contributed by atoms with Crippen molar-refractivity contribution < 1.29 is 0 Å². The van der Waals surface area contributed by atoms with Gasteiger partial charge in [0.2, 0.25) is 0 Å². The van der Waals surface area contributed by atoms with Crippen LogP contribution in [0.25, 0.3) is 27.2 Å². The quantitative estimate of drug-likeness (QED) is 0.524. The van der Waals surface area contributed by atoms with Gasteiger partial charge in [0.15, 0.2) is 0 Å². The summed E-state index contributed by atoms with van der Waals surface area (Å²) in [5.41, 5.74) is 3.23. The lowest BCUT2D eigenvalue weighted by molar-refractivity contribution is 0.921. The summed E-state index contributed by atoms with van der Waals surface area (Å²) in [6, 6.07) is 22.5. The van der Waals surface area contributed by atoms with Crippen LogP contribution in [0.5, 0.6) is 0 Å². The summed E-state index contributed by atoms with van der Waals surface area (Å²) in [7, 11) is 0. The number of fused-ring (bicyclic) bond motifs is 1. The molecule has 1 radical (unpaired) electrons. The zero-order valence-electron chi connectivity index (χ0n) is 10.7. The first-order chi connectivity index (χ1) is 9.93. The van der Waals surface area contributed by atoms with Gasteiger partial charge in [-0.1, -0.05) is 48.5 Å². The minimum Gasteiger partial charge on any atom is -0.222 e. The van der Waals surface area contributed by atoms with E-state index in [4.69, 9.17) is 5.10 Å². The first-order valence-corrected chi connectivity index (χ1v) is 7.24. The SMILES string of the molecule is [c]1cc2c(-c3ccccc3)nn(-c3ccccc3)c2s1. The fourth-order valence-corrected chi connectivity index (χ4v) is 3.13. The molecule has 4 rings (SSSR count).